The van der Waals surface area contributed by atoms with Crippen molar-refractivity contribution in [3.63, 3.8) is 0 Å². The van der Waals surface area contributed by atoms with Crippen molar-refractivity contribution in [2.75, 3.05) is 11.1 Å². The molecule has 76 valence electrons. The van der Waals surface area contributed by atoms with Crippen LogP contribution in [0.4, 0.5) is 11.4 Å². The summed E-state index contributed by atoms with van der Waals surface area (Å²) in [6.45, 7) is 0. The molecule has 0 radical (unpaired) electrons. The highest BCUT2D eigenvalue weighted by molar-refractivity contribution is 9.10. The van der Waals surface area contributed by atoms with Gasteiger partial charge in [0.05, 0.1) is 0 Å². The van der Waals surface area contributed by atoms with Crippen molar-refractivity contribution in [1.29, 1.82) is 0 Å². The van der Waals surface area contributed by atoms with Crippen LogP contribution >= 0.6 is 15.9 Å². The predicted molar refractivity (Wildman–Crippen MR) is 64.4 cm³/mol. The summed E-state index contributed by atoms with van der Waals surface area (Å²) in [5.74, 6) is 0. The summed E-state index contributed by atoms with van der Waals surface area (Å²) < 4.78 is 0.973. The Labute approximate surface area is 93.0 Å². The lowest BCUT2D eigenvalue weighted by molar-refractivity contribution is 0.755. The summed E-state index contributed by atoms with van der Waals surface area (Å²) in [5, 5.41) is 3.52. The van der Waals surface area contributed by atoms with Gasteiger partial charge in [-0.05, 0) is 47.0 Å². The zero-order chi connectivity index (χ0) is 9.97. The minimum Gasteiger partial charge on any atom is -0.398 e. The lowest BCUT2D eigenvalue weighted by Gasteiger charge is -2.14. The molecule has 0 unspecified atom stereocenters. The Morgan fingerprint density at radius 2 is 2.00 bits per heavy atom. The van der Waals surface area contributed by atoms with Gasteiger partial charge < -0.3 is 11.1 Å². The number of nitrogens with two attached hydrogens (primary N) is 1. The molecule has 0 bridgehead atoms. The van der Waals surface area contributed by atoms with E-state index in [4.69, 9.17) is 5.73 Å². The third kappa shape index (κ3) is 2.21. The molecule has 14 heavy (non-hydrogen) atoms. The average Bonchev–Trinajstić information content (AvgIpc) is 2.64. The molecule has 3 N–H and O–H groups in total. The zero-order valence-electron chi connectivity index (χ0n) is 8.09. The van der Waals surface area contributed by atoms with Gasteiger partial charge in [-0.15, -0.1) is 0 Å². The van der Waals surface area contributed by atoms with Gasteiger partial charge in [0.2, 0.25) is 0 Å². The lowest BCUT2D eigenvalue weighted by atomic mass is 10.2. The molecule has 1 aromatic rings. The van der Waals surface area contributed by atoms with Crippen LogP contribution in [0.15, 0.2) is 22.7 Å². The second-order valence-corrected chi connectivity index (χ2v) is 4.72. The maximum Gasteiger partial charge on any atom is 0.0460 e. The van der Waals surface area contributed by atoms with Gasteiger partial charge in [-0.3, -0.25) is 0 Å². The summed E-state index contributed by atoms with van der Waals surface area (Å²) in [4.78, 5) is 0. The lowest BCUT2D eigenvalue weighted by Crippen LogP contribution is -2.14. The summed E-state index contributed by atoms with van der Waals surface area (Å²) in [6.07, 6.45) is 5.30. The van der Waals surface area contributed by atoms with Crippen LogP contribution in [0, 0.1) is 0 Å². The standard InChI is InChI=1S/C11H15BrN2/c12-10-7-9(5-6-11(10)13)14-8-3-1-2-4-8/h5-8,14H,1-4,13H2. The molecule has 0 aromatic heterocycles. The van der Waals surface area contributed by atoms with Crippen molar-refractivity contribution in [2.24, 2.45) is 0 Å². The summed E-state index contributed by atoms with van der Waals surface area (Å²) in [6, 6.07) is 6.68. The number of hydrogen-bond acceptors (Lipinski definition) is 2. The van der Waals surface area contributed by atoms with Crippen LogP contribution in [0.3, 0.4) is 0 Å². The van der Waals surface area contributed by atoms with E-state index < -0.39 is 0 Å². The molecule has 1 aliphatic rings. The number of nitrogens with one attached hydrogen (secondary N) is 1. The van der Waals surface area contributed by atoms with Crippen LogP contribution < -0.4 is 11.1 Å². The number of anilines is 2. The monoisotopic (exact) mass is 254 g/mol. The first-order chi connectivity index (χ1) is 6.75. The van der Waals surface area contributed by atoms with E-state index in [1.54, 1.807) is 0 Å². The number of hydrogen-bond donors (Lipinski definition) is 2. The minimum absolute atomic E-state index is 0.658. The van der Waals surface area contributed by atoms with Gasteiger partial charge in [0.1, 0.15) is 0 Å². The average molecular weight is 255 g/mol. The maximum atomic E-state index is 5.72. The number of rotatable bonds is 2. The van der Waals surface area contributed by atoms with Crippen molar-refractivity contribution in [3.05, 3.63) is 22.7 Å². The highest BCUT2D eigenvalue weighted by atomic mass is 79.9. The van der Waals surface area contributed by atoms with Gasteiger partial charge in [-0.25, -0.2) is 0 Å². The second kappa shape index (κ2) is 4.22. The summed E-state index contributed by atoms with van der Waals surface area (Å²) in [5.41, 5.74) is 7.68. The first-order valence-electron chi connectivity index (χ1n) is 5.07. The van der Waals surface area contributed by atoms with Crippen molar-refractivity contribution in [1.82, 2.24) is 0 Å². The van der Waals surface area contributed by atoms with E-state index in [-0.39, 0.29) is 0 Å². The highest BCUT2D eigenvalue weighted by Gasteiger charge is 2.14. The normalized spacial score (nSPS) is 17.2. The van der Waals surface area contributed by atoms with Crippen molar-refractivity contribution >= 4 is 27.3 Å². The van der Waals surface area contributed by atoms with Crippen LogP contribution in [-0.2, 0) is 0 Å². The van der Waals surface area contributed by atoms with Gasteiger partial charge in [0.15, 0.2) is 0 Å². The molecule has 0 amide bonds. The van der Waals surface area contributed by atoms with Crippen LogP contribution in [0.5, 0.6) is 0 Å². The predicted octanol–water partition coefficient (Wildman–Crippen LogP) is 3.39. The molecule has 1 aliphatic carbocycles. The fourth-order valence-corrected chi connectivity index (χ4v) is 2.30. The smallest absolute Gasteiger partial charge is 0.0460 e. The Bertz CT molecular complexity index is 319. The van der Waals surface area contributed by atoms with Crippen LogP contribution in [0.25, 0.3) is 0 Å². The van der Waals surface area contributed by atoms with E-state index in [0.29, 0.717) is 6.04 Å². The number of halogens is 1. The Morgan fingerprint density at radius 3 is 2.64 bits per heavy atom. The van der Waals surface area contributed by atoms with Gasteiger partial charge in [0, 0.05) is 21.9 Å². The van der Waals surface area contributed by atoms with Crippen LogP contribution in [0.2, 0.25) is 0 Å². The molecule has 0 saturated heterocycles. The quantitative estimate of drug-likeness (QED) is 0.795. The maximum absolute atomic E-state index is 5.72. The van der Waals surface area contributed by atoms with E-state index in [1.165, 1.54) is 25.7 Å². The van der Waals surface area contributed by atoms with Gasteiger partial charge >= 0.3 is 0 Å². The summed E-state index contributed by atoms with van der Waals surface area (Å²) >= 11 is 3.43. The second-order valence-electron chi connectivity index (χ2n) is 3.86. The van der Waals surface area contributed by atoms with Gasteiger partial charge in [-0.2, -0.15) is 0 Å². The molecule has 1 fully saturated rings. The van der Waals surface area contributed by atoms with E-state index in [0.717, 1.165) is 15.8 Å². The fraction of sp³-hybridized carbons (Fsp3) is 0.455. The molecule has 2 rings (SSSR count). The highest BCUT2D eigenvalue weighted by Crippen LogP contribution is 2.26. The largest absolute Gasteiger partial charge is 0.398 e. The van der Waals surface area contributed by atoms with Crippen LogP contribution in [-0.4, -0.2) is 6.04 Å². The van der Waals surface area contributed by atoms with Crippen molar-refractivity contribution in [2.45, 2.75) is 31.7 Å². The molecule has 0 aliphatic heterocycles. The number of nitrogen functional groups attached to an aromatic ring is 1. The van der Waals surface area contributed by atoms with Gasteiger partial charge in [-0.1, -0.05) is 12.8 Å². The molecule has 1 aromatic carbocycles. The molecular weight excluding hydrogens is 240 g/mol. The first-order valence-corrected chi connectivity index (χ1v) is 5.86. The Balaban J connectivity index is 2.05. The topological polar surface area (TPSA) is 38.0 Å². The van der Waals surface area contributed by atoms with E-state index >= 15 is 0 Å². The fourth-order valence-electron chi connectivity index (χ4n) is 1.92. The summed E-state index contributed by atoms with van der Waals surface area (Å²) in [7, 11) is 0. The van der Waals surface area contributed by atoms with E-state index in [9.17, 15) is 0 Å². The molecule has 3 heteroatoms. The van der Waals surface area contributed by atoms with E-state index in [1.807, 2.05) is 18.2 Å². The SMILES string of the molecule is Nc1ccc(NC2CCCC2)cc1Br. The minimum atomic E-state index is 0.658. The Kier molecular flexibility index (Phi) is 2.96. The van der Waals surface area contributed by atoms with E-state index in [2.05, 4.69) is 21.2 Å². The Hall–Kier alpha value is -0.700. The molecular formula is C11H15BrN2. The molecule has 1 saturated carbocycles. The Morgan fingerprint density at radius 1 is 1.29 bits per heavy atom. The molecule has 0 spiro atoms. The number of benzene rings is 1. The third-order valence-electron chi connectivity index (χ3n) is 2.73. The van der Waals surface area contributed by atoms with Crippen LogP contribution in [0.1, 0.15) is 25.7 Å². The molecule has 0 heterocycles. The molecule has 2 nitrogen and oxygen atoms in total. The van der Waals surface area contributed by atoms with Crippen molar-refractivity contribution in [3.8, 4) is 0 Å². The van der Waals surface area contributed by atoms with Gasteiger partial charge in [0.25, 0.3) is 0 Å². The van der Waals surface area contributed by atoms with Crippen molar-refractivity contribution < 1.29 is 0 Å². The zero-order valence-corrected chi connectivity index (χ0v) is 9.68. The first kappa shape index (κ1) is 9.84. The third-order valence-corrected chi connectivity index (χ3v) is 3.41. The molecule has 0 atom stereocenters.